The fourth-order valence-electron chi connectivity index (χ4n) is 2.23. The van der Waals surface area contributed by atoms with E-state index in [2.05, 4.69) is 5.32 Å². The summed E-state index contributed by atoms with van der Waals surface area (Å²) in [5.74, 6) is -1.11. The number of hydrogen-bond acceptors (Lipinski definition) is 4. The molecule has 0 saturated carbocycles. The van der Waals surface area contributed by atoms with E-state index in [1.54, 1.807) is 24.3 Å². The van der Waals surface area contributed by atoms with Gasteiger partial charge in [-0.2, -0.15) is 0 Å². The zero-order valence-electron chi connectivity index (χ0n) is 12.4. The summed E-state index contributed by atoms with van der Waals surface area (Å²) in [6.45, 7) is 0.995. The zero-order chi connectivity index (χ0) is 15.8. The lowest BCUT2D eigenvalue weighted by Crippen LogP contribution is -2.44. The SMILES string of the molecule is O=C1N[C@H](C(=O)O)COCCCCCCOc2ccccc21. The summed E-state index contributed by atoms with van der Waals surface area (Å²) in [6, 6.07) is 5.77. The van der Waals surface area contributed by atoms with Gasteiger partial charge in [0, 0.05) is 6.61 Å². The fourth-order valence-corrected chi connectivity index (χ4v) is 2.23. The Kier molecular flexibility index (Phi) is 6.21. The summed E-state index contributed by atoms with van der Waals surface area (Å²) < 4.78 is 11.0. The molecule has 2 rings (SSSR count). The lowest BCUT2D eigenvalue weighted by atomic mass is 10.1. The molecule has 1 aliphatic rings. The first-order chi connectivity index (χ1) is 10.7. The number of ether oxygens (including phenoxy) is 2. The molecule has 6 heteroatoms. The average Bonchev–Trinajstić information content (AvgIpc) is 2.51. The van der Waals surface area contributed by atoms with E-state index in [0.29, 0.717) is 24.5 Å². The number of carbonyl (C=O) groups excluding carboxylic acids is 1. The van der Waals surface area contributed by atoms with Crippen LogP contribution in [0.15, 0.2) is 24.3 Å². The van der Waals surface area contributed by atoms with Crippen molar-refractivity contribution in [1.29, 1.82) is 0 Å². The van der Waals surface area contributed by atoms with Crippen LogP contribution in [0, 0.1) is 0 Å². The van der Waals surface area contributed by atoms with Crippen LogP contribution in [0.25, 0.3) is 0 Å². The first-order valence-corrected chi connectivity index (χ1v) is 7.51. The van der Waals surface area contributed by atoms with Gasteiger partial charge in [0.25, 0.3) is 5.91 Å². The number of aliphatic carboxylic acids is 1. The van der Waals surface area contributed by atoms with Crippen LogP contribution in [0.3, 0.4) is 0 Å². The van der Waals surface area contributed by atoms with Gasteiger partial charge in [0.1, 0.15) is 5.75 Å². The molecule has 0 bridgehead atoms. The van der Waals surface area contributed by atoms with Crippen molar-refractivity contribution in [1.82, 2.24) is 5.32 Å². The van der Waals surface area contributed by atoms with E-state index in [4.69, 9.17) is 9.47 Å². The van der Waals surface area contributed by atoms with E-state index in [0.717, 1.165) is 25.7 Å². The Labute approximate surface area is 129 Å². The molecule has 0 aliphatic carbocycles. The van der Waals surface area contributed by atoms with E-state index in [1.165, 1.54) is 0 Å². The molecule has 0 spiro atoms. The molecule has 1 atom stereocenters. The molecule has 0 radical (unpaired) electrons. The minimum Gasteiger partial charge on any atom is -0.493 e. The number of carboxylic acids is 1. The molecule has 0 saturated heterocycles. The third-order valence-electron chi connectivity index (χ3n) is 3.46. The van der Waals surface area contributed by atoms with E-state index in [9.17, 15) is 14.7 Å². The fraction of sp³-hybridized carbons (Fsp3) is 0.500. The Morgan fingerprint density at radius 2 is 1.86 bits per heavy atom. The standard InChI is InChI=1S/C16H21NO5/c18-15-12-7-3-4-8-14(12)22-10-6-2-1-5-9-21-11-13(17-15)16(19)20/h3-4,7-8,13H,1-2,5-6,9-11H2,(H,17,18)(H,19,20)/t13-/m0/s1. The second-order valence-electron chi connectivity index (χ2n) is 5.20. The molecule has 1 aromatic carbocycles. The van der Waals surface area contributed by atoms with Gasteiger partial charge >= 0.3 is 5.97 Å². The molecule has 1 aromatic rings. The molecule has 0 unspecified atom stereocenters. The topological polar surface area (TPSA) is 84.9 Å². The number of rotatable bonds is 1. The van der Waals surface area contributed by atoms with Crippen LogP contribution in [-0.2, 0) is 9.53 Å². The lowest BCUT2D eigenvalue weighted by Gasteiger charge is -2.17. The predicted octanol–water partition coefficient (Wildman–Crippen LogP) is 1.84. The second-order valence-corrected chi connectivity index (χ2v) is 5.20. The van der Waals surface area contributed by atoms with Crippen LogP contribution in [-0.4, -0.2) is 42.8 Å². The van der Waals surface area contributed by atoms with Crippen molar-refractivity contribution >= 4 is 11.9 Å². The normalized spacial score (nSPS) is 20.9. The summed E-state index contributed by atoms with van der Waals surface area (Å²) in [5.41, 5.74) is 0.339. The smallest absolute Gasteiger partial charge is 0.328 e. The highest BCUT2D eigenvalue weighted by atomic mass is 16.5. The molecule has 6 nitrogen and oxygen atoms in total. The highest BCUT2D eigenvalue weighted by Gasteiger charge is 2.22. The summed E-state index contributed by atoms with van der Waals surface area (Å²) in [6.07, 6.45) is 3.81. The van der Waals surface area contributed by atoms with Crippen LogP contribution in [0.1, 0.15) is 36.0 Å². The number of carbonyl (C=O) groups is 2. The first kappa shape index (κ1) is 16.3. The van der Waals surface area contributed by atoms with Gasteiger partial charge in [-0.05, 0) is 31.4 Å². The maximum Gasteiger partial charge on any atom is 0.328 e. The largest absolute Gasteiger partial charge is 0.493 e. The highest BCUT2D eigenvalue weighted by Crippen LogP contribution is 2.19. The highest BCUT2D eigenvalue weighted by molar-refractivity contribution is 5.98. The minimum atomic E-state index is -1.11. The number of nitrogens with one attached hydrogen (secondary N) is 1. The van der Waals surface area contributed by atoms with E-state index < -0.39 is 17.9 Å². The molecule has 2 N–H and O–H groups in total. The average molecular weight is 307 g/mol. The summed E-state index contributed by atoms with van der Waals surface area (Å²) in [4.78, 5) is 23.5. The number of hydrogen-bond donors (Lipinski definition) is 2. The molecular weight excluding hydrogens is 286 g/mol. The third-order valence-corrected chi connectivity index (χ3v) is 3.46. The number of para-hydroxylation sites is 1. The van der Waals surface area contributed by atoms with Crippen molar-refractivity contribution in [3.63, 3.8) is 0 Å². The third kappa shape index (κ3) is 4.73. The number of amides is 1. The van der Waals surface area contributed by atoms with Crippen LogP contribution < -0.4 is 10.1 Å². The first-order valence-electron chi connectivity index (χ1n) is 7.51. The van der Waals surface area contributed by atoms with Gasteiger partial charge in [-0.25, -0.2) is 4.79 Å². The van der Waals surface area contributed by atoms with Crippen molar-refractivity contribution < 1.29 is 24.2 Å². The number of carboxylic acid groups (broad SMARTS) is 1. The molecule has 120 valence electrons. The van der Waals surface area contributed by atoms with Crippen LogP contribution in [0.5, 0.6) is 5.75 Å². The van der Waals surface area contributed by atoms with Crippen molar-refractivity contribution in [2.75, 3.05) is 19.8 Å². The Morgan fingerprint density at radius 3 is 2.64 bits per heavy atom. The quantitative estimate of drug-likeness (QED) is 0.827. The molecule has 0 aromatic heterocycles. The van der Waals surface area contributed by atoms with E-state index >= 15 is 0 Å². The van der Waals surface area contributed by atoms with Gasteiger partial charge in [-0.3, -0.25) is 4.79 Å². The summed E-state index contributed by atoms with van der Waals surface area (Å²) in [5, 5.41) is 11.7. The van der Waals surface area contributed by atoms with Crippen molar-refractivity contribution in [3.05, 3.63) is 29.8 Å². The molecule has 1 amide bonds. The Balaban J connectivity index is 2.15. The minimum absolute atomic E-state index is 0.0376. The summed E-state index contributed by atoms with van der Waals surface area (Å²) >= 11 is 0. The van der Waals surface area contributed by atoms with Crippen molar-refractivity contribution in [3.8, 4) is 5.75 Å². The summed E-state index contributed by atoms with van der Waals surface area (Å²) in [7, 11) is 0. The Morgan fingerprint density at radius 1 is 1.14 bits per heavy atom. The number of benzene rings is 1. The van der Waals surface area contributed by atoms with Gasteiger partial charge in [0.05, 0.1) is 18.8 Å². The van der Waals surface area contributed by atoms with Gasteiger partial charge in [-0.1, -0.05) is 18.6 Å². The second kappa shape index (κ2) is 8.38. The molecule has 22 heavy (non-hydrogen) atoms. The predicted molar refractivity (Wildman–Crippen MR) is 80.1 cm³/mol. The van der Waals surface area contributed by atoms with Crippen molar-refractivity contribution in [2.24, 2.45) is 0 Å². The number of fused-ring (bicyclic) bond motifs is 1. The lowest BCUT2D eigenvalue weighted by molar-refractivity contribution is -0.140. The van der Waals surface area contributed by atoms with Gasteiger partial charge in [0.15, 0.2) is 6.04 Å². The molecule has 1 aliphatic heterocycles. The van der Waals surface area contributed by atoms with Crippen LogP contribution >= 0.6 is 0 Å². The molecule has 1 heterocycles. The Hall–Kier alpha value is -2.08. The van der Waals surface area contributed by atoms with Crippen LogP contribution in [0.4, 0.5) is 0 Å². The Bertz CT molecular complexity index is 517. The zero-order valence-corrected chi connectivity index (χ0v) is 12.4. The van der Waals surface area contributed by atoms with Gasteiger partial charge in [0.2, 0.25) is 0 Å². The monoisotopic (exact) mass is 307 g/mol. The molecule has 0 fully saturated rings. The molecular formula is C16H21NO5. The van der Waals surface area contributed by atoms with E-state index in [1.807, 2.05) is 0 Å². The maximum atomic E-state index is 12.3. The van der Waals surface area contributed by atoms with E-state index in [-0.39, 0.29) is 6.61 Å². The maximum absolute atomic E-state index is 12.3. The van der Waals surface area contributed by atoms with Gasteiger partial charge < -0.3 is 19.9 Å². The van der Waals surface area contributed by atoms with Crippen molar-refractivity contribution in [2.45, 2.75) is 31.7 Å². The van der Waals surface area contributed by atoms with Crippen LogP contribution in [0.2, 0.25) is 0 Å². The van der Waals surface area contributed by atoms with Gasteiger partial charge in [-0.15, -0.1) is 0 Å².